The van der Waals surface area contributed by atoms with E-state index in [2.05, 4.69) is 25.4 Å². The summed E-state index contributed by atoms with van der Waals surface area (Å²) in [4.78, 5) is 18.3. The van der Waals surface area contributed by atoms with Gasteiger partial charge in [0.05, 0.1) is 5.56 Å². The summed E-state index contributed by atoms with van der Waals surface area (Å²) in [6.45, 7) is 0. The summed E-state index contributed by atoms with van der Waals surface area (Å²) < 4.78 is 0. The van der Waals surface area contributed by atoms with E-state index in [-0.39, 0.29) is 35.1 Å². The number of halogens is 1. The van der Waals surface area contributed by atoms with Gasteiger partial charge in [-0.3, -0.25) is 4.79 Å². The fourth-order valence-corrected chi connectivity index (χ4v) is 1.56. The topological polar surface area (TPSA) is 108 Å². The minimum atomic E-state index is -0.401. The number of hydrogen-bond donors (Lipinski definition) is 3. The standard InChI is InChI=1S/C10H7N5O2.ClH/c16-6-4-2-1-3-5(6)8-11-9-7(10(17)12-8)13-15-14-9;/h1-4,16H,(H2,11,12,13,14,15,17);1H. The molecule has 0 radical (unpaired) electrons. The maximum Gasteiger partial charge on any atom is 0.281 e. The van der Waals surface area contributed by atoms with Crippen LogP contribution in [0.3, 0.4) is 0 Å². The smallest absolute Gasteiger partial charge is 0.281 e. The summed E-state index contributed by atoms with van der Waals surface area (Å²) >= 11 is 0. The minimum absolute atomic E-state index is 0. The third-order valence-electron chi connectivity index (χ3n) is 2.35. The lowest BCUT2D eigenvalue weighted by atomic mass is 10.2. The first-order valence-electron chi connectivity index (χ1n) is 4.85. The molecule has 0 saturated carbocycles. The number of phenols is 1. The third-order valence-corrected chi connectivity index (χ3v) is 2.35. The van der Waals surface area contributed by atoms with Gasteiger partial charge in [0.1, 0.15) is 11.6 Å². The zero-order valence-electron chi connectivity index (χ0n) is 8.91. The van der Waals surface area contributed by atoms with E-state index < -0.39 is 5.56 Å². The van der Waals surface area contributed by atoms with E-state index in [1.165, 1.54) is 6.07 Å². The number of phenolic OH excluding ortho intramolecular Hbond substituents is 1. The summed E-state index contributed by atoms with van der Waals surface area (Å²) in [6, 6.07) is 6.59. The Balaban J connectivity index is 0.00000120. The molecular formula is C10H8ClN5O2. The fourth-order valence-electron chi connectivity index (χ4n) is 1.56. The van der Waals surface area contributed by atoms with Crippen molar-refractivity contribution in [2.75, 3.05) is 0 Å². The molecule has 2 aromatic heterocycles. The molecule has 3 rings (SSSR count). The van der Waals surface area contributed by atoms with Crippen LogP contribution in [-0.4, -0.2) is 30.5 Å². The van der Waals surface area contributed by atoms with Crippen molar-refractivity contribution in [3.63, 3.8) is 0 Å². The zero-order valence-corrected chi connectivity index (χ0v) is 9.73. The lowest BCUT2D eigenvalue weighted by molar-refractivity contribution is 0.477. The second-order valence-corrected chi connectivity index (χ2v) is 3.43. The molecule has 7 nitrogen and oxygen atoms in total. The number of hydrogen-bond acceptors (Lipinski definition) is 5. The van der Waals surface area contributed by atoms with Crippen LogP contribution in [0.5, 0.6) is 5.75 Å². The molecule has 1 aromatic carbocycles. The van der Waals surface area contributed by atoms with Crippen LogP contribution in [0.1, 0.15) is 0 Å². The molecule has 0 aliphatic carbocycles. The fraction of sp³-hybridized carbons (Fsp3) is 0. The van der Waals surface area contributed by atoms with Crippen molar-refractivity contribution in [1.82, 2.24) is 25.4 Å². The Morgan fingerprint density at radius 1 is 1.17 bits per heavy atom. The lowest BCUT2D eigenvalue weighted by Crippen LogP contribution is -2.09. The molecular weight excluding hydrogens is 258 g/mol. The van der Waals surface area contributed by atoms with Crippen LogP contribution in [0, 0.1) is 0 Å². The summed E-state index contributed by atoms with van der Waals surface area (Å²) in [5.74, 6) is 0.299. The van der Waals surface area contributed by atoms with Gasteiger partial charge in [-0.1, -0.05) is 12.1 Å². The lowest BCUT2D eigenvalue weighted by Gasteiger charge is -2.02. The minimum Gasteiger partial charge on any atom is -0.507 e. The van der Waals surface area contributed by atoms with Crippen molar-refractivity contribution in [2.24, 2.45) is 0 Å². The van der Waals surface area contributed by atoms with Crippen LogP contribution in [0.25, 0.3) is 22.6 Å². The van der Waals surface area contributed by atoms with Gasteiger partial charge < -0.3 is 10.1 Å². The number of nitrogens with zero attached hydrogens (tertiary/aromatic N) is 3. The van der Waals surface area contributed by atoms with Gasteiger partial charge in [-0.25, -0.2) is 4.98 Å². The summed E-state index contributed by atoms with van der Waals surface area (Å²) in [5, 5.41) is 19.4. The molecule has 0 unspecified atom stereocenters. The molecule has 3 aromatic rings. The van der Waals surface area contributed by atoms with Gasteiger partial charge in [0.2, 0.25) is 5.65 Å². The largest absolute Gasteiger partial charge is 0.507 e. The third kappa shape index (κ3) is 1.80. The molecule has 0 aliphatic rings. The Bertz CT molecular complexity index is 751. The predicted octanol–water partition coefficient (Wildman–Crippen LogP) is 0.836. The van der Waals surface area contributed by atoms with E-state index >= 15 is 0 Å². The number of fused-ring (bicyclic) bond motifs is 1. The van der Waals surface area contributed by atoms with E-state index in [1.54, 1.807) is 18.2 Å². The van der Waals surface area contributed by atoms with E-state index in [0.29, 0.717) is 5.56 Å². The van der Waals surface area contributed by atoms with Gasteiger partial charge in [-0.05, 0) is 12.1 Å². The average molecular weight is 266 g/mol. The van der Waals surface area contributed by atoms with Crippen LogP contribution in [-0.2, 0) is 0 Å². The van der Waals surface area contributed by atoms with Gasteiger partial charge in [0, 0.05) is 0 Å². The first kappa shape index (κ1) is 12.1. The van der Waals surface area contributed by atoms with Crippen molar-refractivity contribution < 1.29 is 5.11 Å². The van der Waals surface area contributed by atoms with Crippen molar-refractivity contribution in [3.8, 4) is 17.1 Å². The number of rotatable bonds is 1. The highest BCUT2D eigenvalue weighted by atomic mass is 35.5. The number of para-hydroxylation sites is 1. The van der Waals surface area contributed by atoms with Crippen LogP contribution < -0.4 is 5.56 Å². The van der Waals surface area contributed by atoms with Crippen LogP contribution in [0.4, 0.5) is 0 Å². The summed E-state index contributed by atoms with van der Waals surface area (Å²) in [5.41, 5.74) is 0.396. The molecule has 0 fully saturated rings. The van der Waals surface area contributed by atoms with Crippen LogP contribution >= 0.6 is 12.4 Å². The van der Waals surface area contributed by atoms with Gasteiger partial charge in [0.25, 0.3) is 5.56 Å². The summed E-state index contributed by atoms with van der Waals surface area (Å²) in [6.07, 6.45) is 0. The van der Waals surface area contributed by atoms with Crippen LogP contribution in [0.15, 0.2) is 29.1 Å². The van der Waals surface area contributed by atoms with Crippen molar-refractivity contribution in [2.45, 2.75) is 0 Å². The quantitative estimate of drug-likeness (QED) is 0.604. The van der Waals surface area contributed by atoms with Gasteiger partial charge in [-0.15, -0.1) is 22.6 Å². The Hall–Kier alpha value is -2.41. The molecule has 0 spiro atoms. The molecule has 3 N–H and O–H groups in total. The predicted molar refractivity (Wildman–Crippen MR) is 66.7 cm³/mol. The Labute approximate surface area is 106 Å². The molecule has 92 valence electrons. The maximum absolute atomic E-state index is 11.6. The maximum atomic E-state index is 11.6. The van der Waals surface area contributed by atoms with Gasteiger partial charge >= 0.3 is 0 Å². The van der Waals surface area contributed by atoms with Crippen molar-refractivity contribution in [3.05, 3.63) is 34.6 Å². The summed E-state index contributed by atoms with van der Waals surface area (Å²) in [7, 11) is 0. The number of aromatic nitrogens is 5. The Kier molecular flexibility index (Phi) is 2.99. The van der Waals surface area contributed by atoms with E-state index in [4.69, 9.17) is 0 Å². The second-order valence-electron chi connectivity index (χ2n) is 3.43. The molecule has 2 heterocycles. The highest BCUT2D eigenvalue weighted by Crippen LogP contribution is 2.24. The number of aromatic hydroxyl groups is 1. The SMILES string of the molecule is Cl.O=c1[nH]c(-c2ccccc2O)nc2n[nH]nc12. The van der Waals surface area contributed by atoms with Gasteiger partial charge in [0.15, 0.2) is 5.52 Å². The number of aromatic amines is 2. The average Bonchev–Trinajstić information content (AvgIpc) is 2.78. The molecule has 0 saturated heterocycles. The normalized spacial score (nSPS) is 10.2. The van der Waals surface area contributed by atoms with E-state index in [9.17, 15) is 9.90 Å². The Morgan fingerprint density at radius 3 is 2.72 bits per heavy atom. The second kappa shape index (κ2) is 4.46. The molecule has 0 atom stereocenters. The molecule has 8 heteroatoms. The van der Waals surface area contributed by atoms with E-state index in [0.717, 1.165) is 0 Å². The van der Waals surface area contributed by atoms with Crippen LogP contribution in [0.2, 0.25) is 0 Å². The Morgan fingerprint density at radius 2 is 1.94 bits per heavy atom. The highest BCUT2D eigenvalue weighted by molar-refractivity contribution is 5.85. The molecule has 0 aliphatic heterocycles. The number of nitrogens with one attached hydrogen (secondary N) is 2. The number of benzene rings is 1. The highest BCUT2D eigenvalue weighted by Gasteiger charge is 2.11. The molecule has 0 amide bonds. The zero-order chi connectivity index (χ0) is 11.8. The first-order chi connectivity index (χ1) is 8.25. The number of H-pyrrole nitrogens is 2. The van der Waals surface area contributed by atoms with Crippen molar-refractivity contribution in [1.29, 1.82) is 0 Å². The van der Waals surface area contributed by atoms with Gasteiger partial charge in [-0.2, -0.15) is 5.21 Å². The monoisotopic (exact) mass is 265 g/mol. The molecule has 18 heavy (non-hydrogen) atoms. The molecule has 0 bridgehead atoms. The van der Waals surface area contributed by atoms with E-state index in [1.807, 2.05) is 0 Å². The van der Waals surface area contributed by atoms with Crippen molar-refractivity contribution >= 4 is 23.6 Å². The first-order valence-corrected chi connectivity index (χ1v) is 4.85.